The van der Waals surface area contributed by atoms with Gasteiger partial charge >= 0.3 is 0 Å². The van der Waals surface area contributed by atoms with Gasteiger partial charge in [0.25, 0.3) is 0 Å². The van der Waals surface area contributed by atoms with Gasteiger partial charge in [-0.1, -0.05) is 37.6 Å². The van der Waals surface area contributed by atoms with E-state index in [1.807, 2.05) is 12.1 Å². The van der Waals surface area contributed by atoms with E-state index in [0.717, 1.165) is 5.75 Å². The minimum absolute atomic E-state index is 0.518. The molecule has 0 fully saturated rings. The molecule has 0 N–H and O–H groups in total. The fraction of sp³-hybridized carbons (Fsp3) is 0.333. The Morgan fingerprint density at radius 3 is 2.43 bits per heavy atom. The summed E-state index contributed by atoms with van der Waals surface area (Å²) in [4.78, 5) is 0. The second-order valence-electron chi connectivity index (χ2n) is 3.40. The molecule has 0 aromatic heterocycles. The summed E-state index contributed by atoms with van der Waals surface area (Å²) in [5.41, 5.74) is 2.79. The maximum atomic E-state index is 5.41. The summed E-state index contributed by atoms with van der Waals surface area (Å²) in [5.74, 6) is 1.44. The van der Waals surface area contributed by atoms with Crippen molar-refractivity contribution in [3.63, 3.8) is 0 Å². The van der Waals surface area contributed by atoms with E-state index in [9.17, 15) is 0 Å². The van der Waals surface area contributed by atoms with E-state index in [1.165, 1.54) is 11.1 Å². The molecular weight excluding hydrogens is 196 g/mol. The van der Waals surface area contributed by atoms with E-state index in [-0.39, 0.29) is 0 Å². The van der Waals surface area contributed by atoms with Crippen molar-refractivity contribution >= 4 is 11.6 Å². The normalized spacial score (nSPS) is 11.1. The second-order valence-corrected chi connectivity index (χ2v) is 3.65. The summed E-state index contributed by atoms with van der Waals surface area (Å²) in [6.45, 7) is 4.86. The zero-order valence-corrected chi connectivity index (χ0v) is 9.29. The van der Waals surface area contributed by atoms with Gasteiger partial charge in [-0.15, -0.1) is 0 Å². The van der Waals surface area contributed by atoms with E-state index in [1.54, 1.807) is 6.08 Å². The van der Waals surface area contributed by atoms with Gasteiger partial charge in [0, 0.05) is 5.54 Å². The van der Waals surface area contributed by atoms with Crippen molar-refractivity contribution in [2.75, 3.05) is 6.61 Å². The quantitative estimate of drug-likeness (QED) is 0.732. The van der Waals surface area contributed by atoms with Gasteiger partial charge in [0.05, 0.1) is 0 Å². The maximum absolute atomic E-state index is 5.41. The van der Waals surface area contributed by atoms with Crippen LogP contribution in [0.5, 0.6) is 5.75 Å². The molecule has 1 rings (SSSR count). The topological polar surface area (TPSA) is 9.23 Å². The highest BCUT2D eigenvalue weighted by molar-refractivity contribution is 6.25. The number of hydrogen-bond donors (Lipinski definition) is 0. The number of halogens is 1. The Morgan fingerprint density at radius 2 is 1.93 bits per heavy atom. The lowest BCUT2D eigenvalue weighted by molar-refractivity contribution is 0.363. The van der Waals surface area contributed by atoms with Gasteiger partial charge in [0.1, 0.15) is 12.4 Å². The Kier molecular flexibility index (Phi) is 4.54. The molecule has 0 amide bonds. The third kappa shape index (κ3) is 3.43. The summed E-state index contributed by atoms with van der Waals surface area (Å²) in [6, 6.07) is 8.14. The van der Waals surface area contributed by atoms with Gasteiger partial charge in [0.15, 0.2) is 0 Å². The summed E-state index contributed by atoms with van der Waals surface area (Å²) in [5, 5.41) is 0. The largest absolute Gasteiger partial charge is 0.490 e. The molecule has 14 heavy (non-hydrogen) atoms. The van der Waals surface area contributed by atoms with Crippen molar-refractivity contribution < 1.29 is 4.74 Å². The molecule has 0 radical (unpaired) electrons. The molecular formula is C12H15ClO. The van der Waals surface area contributed by atoms with Crippen LogP contribution in [0, 0.1) is 0 Å². The number of ether oxygens (including phenoxy) is 1. The zero-order valence-electron chi connectivity index (χ0n) is 8.53. The van der Waals surface area contributed by atoms with Crippen LogP contribution in [0.3, 0.4) is 0 Å². The van der Waals surface area contributed by atoms with Gasteiger partial charge in [-0.05, 0) is 29.7 Å². The van der Waals surface area contributed by atoms with Crippen molar-refractivity contribution in [3.05, 3.63) is 41.4 Å². The van der Waals surface area contributed by atoms with Crippen LogP contribution in [0.2, 0.25) is 0 Å². The maximum Gasteiger partial charge on any atom is 0.119 e. The molecule has 1 nitrogen and oxygen atoms in total. The SMILES string of the molecule is CC(C)c1ccc(OCC=CCl)cc1. The molecule has 0 heterocycles. The first-order valence-electron chi connectivity index (χ1n) is 4.72. The van der Waals surface area contributed by atoms with E-state index in [2.05, 4.69) is 26.0 Å². The third-order valence-corrected chi connectivity index (χ3v) is 2.16. The second kappa shape index (κ2) is 5.71. The average molecular weight is 211 g/mol. The monoisotopic (exact) mass is 210 g/mol. The lowest BCUT2D eigenvalue weighted by Gasteiger charge is -2.07. The van der Waals surface area contributed by atoms with E-state index >= 15 is 0 Å². The first-order valence-corrected chi connectivity index (χ1v) is 5.15. The number of rotatable bonds is 4. The zero-order chi connectivity index (χ0) is 10.4. The molecule has 0 unspecified atom stereocenters. The minimum atomic E-state index is 0.518. The van der Waals surface area contributed by atoms with E-state index in [0.29, 0.717) is 12.5 Å². The fourth-order valence-corrected chi connectivity index (χ4v) is 1.20. The van der Waals surface area contributed by atoms with Crippen LogP contribution in [-0.4, -0.2) is 6.61 Å². The number of benzene rings is 1. The molecule has 1 aromatic rings. The van der Waals surface area contributed by atoms with Crippen LogP contribution < -0.4 is 4.74 Å². The summed E-state index contributed by atoms with van der Waals surface area (Å²) in [7, 11) is 0. The molecule has 0 aliphatic rings. The van der Waals surface area contributed by atoms with Gasteiger partial charge in [-0.25, -0.2) is 0 Å². The molecule has 0 saturated heterocycles. The number of hydrogen-bond acceptors (Lipinski definition) is 1. The van der Waals surface area contributed by atoms with Gasteiger partial charge in [-0.2, -0.15) is 0 Å². The van der Waals surface area contributed by atoms with E-state index in [4.69, 9.17) is 16.3 Å². The Bertz CT molecular complexity index is 288. The average Bonchev–Trinajstić information content (AvgIpc) is 2.19. The highest BCUT2D eigenvalue weighted by Crippen LogP contribution is 2.18. The van der Waals surface area contributed by atoms with Crippen LogP contribution in [0.4, 0.5) is 0 Å². The molecule has 0 atom stereocenters. The Balaban J connectivity index is 2.55. The summed E-state index contributed by atoms with van der Waals surface area (Å²) >= 11 is 5.37. The molecule has 1 aromatic carbocycles. The van der Waals surface area contributed by atoms with Crippen molar-refractivity contribution in [1.29, 1.82) is 0 Å². The summed E-state index contributed by atoms with van der Waals surface area (Å²) < 4.78 is 5.41. The van der Waals surface area contributed by atoms with Crippen LogP contribution >= 0.6 is 11.6 Å². The molecule has 0 aliphatic heterocycles. The first kappa shape index (κ1) is 11.1. The van der Waals surface area contributed by atoms with Crippen LogP contribution in [-0.2, 0) is 0 Å². The smallest absolute Gasteiger partial charge is 0.119 e. The predicted molar refractivity (Wildman–Crippen MR) is 61.0 cm³/mol. The summed E-state index contributed by atoms with van der Waals surface area (Å²) in [6.07, 6.45) is 1.76. The molecule has 76 valence electrons. The van der Waals surface area contributed by atoms with Gasteiger partial charge < -0.3 is 4.74 Å². The Labute approximate surface area is 90.3 Å². The minimum Gasteiger partial charge on any atom is -0.490 e. The van der Waals surface area contributed by atoms with Crippen molar-refractivity contribution in [2.24, 2.45) is 0 Å². The lowest BCUT2D eigenvalue weighted by atomic mass is 10.0. The molecule has 0 aliphatic carbocycles. The Morgan fingerprint density at radius 1 is 1.29 bits per heavy atom. The van der Waals surface area contributed by atoms with Crippen LogP contribution in [0.1, 0.15) is 25.3 Å². The molecule has 0 saturated carbocycles. The predicted octanol–water partition coefficient (Wildman–Crippen LogP) is 3.94. The van der Waals surface area contributed by atoms with E-state index < -0.39 is 0 Å². The fourth-order valence-electron chi connectivity index (χ4n) is 1.13. The van der Waals surface area contributed by atoms with Gasteiger partial charge in [-0.3, -0.25) is 0 Å². The van der Waals surface area contributed by atoms with Crippen molar-refractivity contribution in [3.8, 4) is 5.75 Å². The third-order valence-electron chi connectivity index (χ3n) is 1.98. The van der Waals surface area contributed by atoms with Crippen LogP contribution in [0.15, 0.2) is 35.9 Å². The van der Waals surface area contributed by atoms with Crippen LogP contribution in [0.25, 0.3) is 0 Å². The molecule has 2 heteroatoms. The standard InChI is InChI=1S/C12H15ClO/c1-10(2)11-4-6-12(7-5-11)14-9-3-8-13/h3-8,10H,9H2,1-2H3. The van der Waals surface area contributed by atoms with Crippen molar-refractivity contribution in [1.82, 2.24) is 0 Å². The van der Waals surface area contributed by atoms with Gasteiger partial charge in [0.2, 0.25) is 0 Å². The first-order chi connectivity index (χ1) is 6.74. The highest BCUT2D eigenvalue weighted by atomic mass is 35.5. The Hall–Kier alpha value is -0.950. The molecule has 0 spiro atoms. The van der Waals surface area contributed by atoms with Crippen molar-refractivity contribution in [2.45, 2.75) is 19.8 Å². The lowest BCUT2D eigenvalue weighted by Crippen LogP contribution is -1.93. The molecule has 0 bridgehead atoms. The highest BCUT2D eigenvalue weighted by Gasteiger charge is 1.98.